The number of hydrogen-bond acceptors (Lipinski definition) is 2. The summed E-state index contributed by atoms with van der Waals surface area (Å²) in [7, 11) is 0. The van der Waals surface area contributed by atoms with Crippen LogP contribution < -0.4 is 0 Å². The molecule has 75 valence electrons. The number of hydrogen-bond donors (Lipinski definition) is 0. The van der Waals surface area contributed by atoms with Crippen LogP contribution in [0.15, 0.2) is 18.2 Å². The Hall–Kier alpha value is -1.45. The van der Waals surface area contributed by atoms with Crippen molar-refractivity contribution < 1.29 is 9.31 Å². The van der Waals surface area contributed by atoms with Gasteiger partial charge in [0.15, 0.2) is 0 Å². The maximum Gasteiger partial charge on any atom is 0.272 e. The first-order valence-electron chi connectivity index (χ1n) is 4.20. The van der Waals surface area contributed by atoms with Crippen molar-refractivity contribution in [2.24, 2.45) is 0 Å². The molecule has 0 amide bonds. The Morgan fingerprint density at radius 3 is 2.71 bits per heavy atom. The highest BCUT2D eigenvalue weighted by Gasteiger charge is 2.14. The van der Waals surface area contributed by atoms with Gasteiger partial charge in [-0.1, -0.05) is 19.1 Å². The predicted molar refractivity (Wildman–Crippen MR) is 51.8 cm³/mol. The molecule has 3 nitrogen and oxygen atoms in total. The van der Waals surface area contributed by atoms with Crippen LogP contribution in [-0.2, 0) is 0 Å². The van der Waals surface area contributed by atoms with Crippen molar-refractivity contribution >= 4 is 5.69 Å². The number of aryl methyl sites for hydroxylation is 1. The Balaban J connectivity index is 3.12. The van der Waals surface area contributed by atoms with E-state index in [4.69, 9.17) is 0 Å². The summed E-state index contributed by atoms with van der Waals surface area (Å²) in [6, 6.07) is 4.73. The van der Waals surface area contributed by atoms with Gasteiger partial charge in [-0.3, -0.25) is 14.5 Å². The molecule has 0 aliphatic carbocycles. The third-order valence-corrected chi connectivity index (χ3v) is 2.10. The highest BCUT2D eigenvalue weighted by atomic mass is 19.1. The Morgan fingerprint density at radius 1 is 1.57 bits per heavy atom. The Kier molecular flexibility index (Phi) is 3.17. The van der Waals surface area contributed by atoms with Gasteiger partial charge in [-0.25, -0.2) is 0 Å². The van der Waals surface area contributed by atoms with E-state index >= 15 is 0 Å². The first-order chi connectivity index (χ1) is 6.56. The van der Waals surface area contributed by atoms with Crippen LogP contribution in [0.1, 0.15) is 18.1 Å². The van der Waals surface area contributed by atoms with E-state index in [1.165, 1.54) is 6.07 Å². The van der Waals surface area contributed by atoms with E-state index in [0.717, 1.165) is 0 Å². The van der Waals surface area contributed by atoms with Gasteiger partial charge in [0.05, 0.1) is 11.6 Å². The largest absolute Gasteiger partial charge is 0.272 e. The zero-order valence-corrected chi connectivity index (χ0v) is 8.08. The quantitative estimate of drug-likeness (QED) is 0.551. The van der Waals surface area contributed by atoms with Gasteiger partial charge in [-0.15, -0.1) is 0 Å². The summed E-state index contributed by atoms with van der Waals surface area (Å²) in [6.45, 7) is 2.70. The lowest BCUT2D eigenvalue weighted by Crippen LogP contribution is -1.99. The molecule has 0 saturated carbocycles. The third-order valence-electron chi connectivity index (χ3n) is 2.10. The number of nitrogens with zero attached hydrogens (tertiary/aromatic N) is 1. The minimum atomic E-state index is -0.583. The van der Waals surface area contributed by atoms with E-state index in [9.17, 15) is 14.5 Å². The molecule has 0 N–H and O–H groups in total. The number of benzene rings is 1. The van der Waals surface area contributed by atoms with Crippen LogP contribution in [0.3, 0.4) is 0 Å². The van der Waals surface area contributed by atoms with Crippen LogP contribution in [0, 0.1) is 23.0 Å². The van der Waals surface area contributed by atoms with E-state index in [1.54, 1.807) is 26.0 Å². The molecule has 1 aromatic carbocycles. The van der Waals surface area contributed by atoms with E-state index < -0.39 is 11.6 Å². The second kappa shape index (κ2) is 4.17. The molecule has 0 atom stereocenters. The summed E-state index contributed by atoms with van der Waals surface area (Å²) in [5, 5.41) is 10.6. The van der Waals surface area contributed by atoms with Crippen LogP contribution in [0.5, 0.6) is 0 Å². The highest BCUT2D eigenvalue weighted by molar-refractivity contribution is 5.46. The first-order valence-corrected chi connectivity index (χ1v) is 4.20. The van der Waals surface area contributed by atoms with Crippen LogP contribution in [0.4, 0.5) is 10.1 Å². The zero-order chi connectivity index (χ0) is 10.7. The van der Waals surface area contributed by atoms with Crippen molar-refractivity contribution in [1.29, 1.82) is 0 Å². The molecule has 4 heteroatoms. The second-order valence-corrected chi connectivity index (χ2v) is 3.17. The van der Waals surface area contributed by atoms with Gasteiger partial charge < -0.3 is 0 Å². The highest BCUT2D eigenvalue weighted by Crippen LogP contribution is 2.23. The van der Waals surface area contributed by atoms with Crippen molar-refractivity contribution in [3.05, 3.63) is 45.4 Å². The van der Waals surface area contributed by atoms with Gasteiger partial charge in [-0.05, 0) is 12.5 Å². The Bertz CT molecular complexity index is 352. The molecule has 0 fully saturated rings. The van der Waals surface area contributed by atoms with Crippen molar-refractivity contribution in [2.45, 2.75) is 13.8 Å². The number of nitro benzene ring substituents is 1. The average Bonchev–Trinajstić information content (AvgIpc) is 2.17. The second-order valence-electron chi connectivity index (χ2n) is 3.17. The molecule has 0 aliphatic heterocycles. The summed E-state index contributed by atoms with van der Waals surface area (Å²) in [4.78, 5) is 10.1. The van der Waals surface area contributed by atoms with Gasteiger partial charge in [-0.2, -0.15) is 0 Å². The van der Waals surface area contributed by atoms with E-state index in [1.807, 2.05) is 0 Å². The molecule has 1 rings (SSSR count). The van der Waals surface area contributed by atoms with Gasteiger partial charge in [0, 0.05) is 17.5 Å². The molecule has 0 bridgehead atoms. The van der Waals surface area contributed by atoms with Gasteiger partial charge in [0.25, 0.3) is 5.69 Å². The number of rotatable bonds is 3. The molecule has 0 spiro atoms. The average molecular weight is 196 g/mol. The summed E-state index contributed by atoms with van der Waals surface area (Å²) >= 11 is 0. The van der Waals surface area contributed by atoms with E-state index in [-0.39, 0.29) is 5.69 Å². The molecule has 0 aliphatic rings. The van der Waals surface area contributed by atoms with E-state index in [2.05, 4.69) is 0 Å². The molecule has 1 radical (unpaired) electrons. The summed E-state index contributed by atoms with van der Waals surface area (Å²) in [5.41, 5.74) is 1.21. The maximum absolute atomic E-state index is 12.3. The lowest BCUT2D eigenvalue weighted by Gasteiger charge is -2.06. The standard InChI is InChI=1S/C10H11FNO2/c1-7-3-4-9(8(2)6-11)5-10(7)12(13)14/h3-5H,6H2,1-2H3. The third kappa shape index (κ3) is 2.07. The first kappa shape index (κ1) is 10.6. The Labute approximate surface area is 81.7 Å². The molecule has 0 saturated heterocycles. The SMILES string of the molecule is C[C](CF)c1ccc(C)c([N+](=O)[O-])c1. The van der Waals surface area contributed by atoms with Crippen LogP contribution >= 0.6 is 0 Å². The number of nitro groups is 1. The van der Waals surface area contributed by atoms with Gasteiger partial charge in [0.2, 0.25) is 0 Å². The monoisotopic (exact) mass is 196 g/mol. The summed E-state index contributed by atoms with van der Waals surface area (Å²) in [5.74, 6) is 0.508. The molecular weight excluding hydrogens is 185 g/mol. The Morgan fingerprint density at radius 2 is 2.21 bits per heavy atom. The minimum absolute atomic E-state index is 0.0373. The van der Waals surface area contributed by atoms with Gasteiger partial charge >= 0.3 is 0 Å². The molecule has 14 heavy (non-hydrogen) atoms. The van der Waals surface area contributed by atoms with Crippen molar-refractivity contribution in [3.63, 3.8) is 0 Å². The van der Waals surface area contributed by atoms with Crippen LogP contribution in [0.25, 0.3) is 0 Å². The minimum Gasteiger partial charge on any atom is -0.258 e. The topological polar surface area (TPSA) is 43.1 Å². The number of alkyl halides is 1. The molecular formula is C10H11FNO2. The van der Waals surface area contributed by atoms with Crippen LogP contribution in [-0.4, -0.2) is 11.6 Å². The van der Waals surface area contributed by atoms with E-state index in [0.29, 0.717) is 17.0 Å². The predicted octanol–water partition coefficient (Wildman–Crippen LogP) is 2.82. The molecule has 0 aromatic heterocycles. The van der Waals surface area contributed by atoms with Crippen molar-refractivity contribution in [2.75, 3.05) is 6.67 Å². The summed E-state index contributed by atoms with van der Waals surface area (Å²) in [6.07, 6.45) is 0. The summed E-state index contributed by atoms with van der Waals surface area (Å²) < 4.78 is 12.3. The fourth-order valence-electron chi connectivity index (χ4n) is 1.15. The lowest BCUT2D eigenvalue weighted by atomic mass is 10.0. The fourth-order valence-corrected chi connectivity index (χ4v) is 1.15. The molecule has 0 unspecified atom stereocenters. The smallest absolute Gasteiger partial charge is 0.258 e. The maximum atomic E-state index is 12.3. The zero-order valence-electron chi connectivity index (χ0n) is 8.08. The van der Waals surface area contributed by atoms with Crippen molar-refractivity contribution in [3.8, 4) is 0 Å². The fraction of sp³-hybridized carbons (Fsp3) is 0.300. The number of halogens is 1. The molecule has 1 aromatic rings. The van der Waals surface area contributed by atoms with Crippen LogP contribution in [0.2, 0.25) is 0 Å². The molecule has 0 heterocycles. The van der Waals surface area contributed by atoms with Crippen molar-refractivity contribution in [1.82, 2.24) is 0 Å². The normalized spacial score (nSPS) is 10.6. The van der Waals surface area contributed by atoms with Gasteiger partial charge in [0.1, 0.15) is 0 Å². The lowest BCUT2D eigenvalue weighted by molar-refractivity contribution is -0.385.